The van der Waals surface area contributed by atoms with E-state index in [0.29, 0.717) is 31.2 Å². The molecule has 0 saturated heterocycles. The van der Waals surface area contributed by atoms with Crippen molar-refractivity contribution in [3.63, 3.8) is 0 Å². The number of nitrogens with zero attached hydrogens (tertiary/aromatic N) is 4. The van der Waals surface area contributed by atoms with Crippen LogP contribution in [0.5, 0.6) is 0 Å². The van der Waals surface area contributed by atoms with Crippen molar-refractivity contribution in [1.82, 2.24) is 20.3 Å². The largest absolute Gasteiger partial charge is 0.421 e. The van der Waals surface area contributed by atoms with Crippen LogP contribution < -0.4 is 0 Å². The third-order valence-electron chi connectivity index (χ3n) is 4.32. The number of hydrogen-bond donors (Lipinski definition) is 0. The van der Waals surface area contributed by atoms with Crippen LogP contribution in [0.3, 0.4) is 0 Å². The summed E-state index contributed by atoms with van der Waals surface area (Å²) in [6, 6.07) is 7.86. The molecule has 0 bridgehead atoms. The first-order valence-corrected chi connectivity index (χ1v) is 8.49. The molecule has 0 aliphatic carbocycles. The van der Waals surface area contributed by atoms with Gasteiger partial charge in [0.2, 0.25) is 17.7 Å². The normalized spacial score (nSPS) is 10.9. The third kappa shape index (κ3) is 3.99. The molecule has 26 heavy (non-hydrogen) atoms. The van der Waals surface area contributed by atoms with Crippen molar-refractivity contribution < 1.29 is 13.7 Å². The maximum Gasteiger partial charge on any atom is 0.247 e. The number of carbonyl (C=O) groups is 1. The Bertz CT molecular complexity index is 876. The van der Waals surface area contributed by atoms with E-state index < -0.39 is 0 Å². The second-order valence-electron chi connectivity index (χ2n) is 6.42. The van der Waals surface area contributed by atoms with Crippen LogP contribution in [0.1, 0.15) is 34.9 Å². The molecule has 0 N–H and O–H groups in total. The van der Waals surface area contributed by atoms with Gasteiger partial charge in [0.1, 0.15) is 5.76 Å². The fourth-order valence-corrected chi connectivity index (χ4v) is 2.63. The van der Waals surface area contributed by atoms with Gasteiger partial charge in [0.25, 0.3) is 0 Å². The fourth-order valence-electron chi connectivity index (χ4n) is 2.63. The van der Waals surface area contributed by atoms with Gasteiger partial charge in [0.05, 0.1) is 12.2 Å². The molecule has 0 spiro atoms. The summed E-state index contributed by atoms with van der Waals surface area (Å²) < 4.78 is 10.8. The van der Waals surface area contributed by atoms with Gasteiger partial charge in [-0.25, -0.2) is 0 Å². The number of aromatic nitrogens is 3. The SMILES string of the molecule is Cc1ccc(-c2nnc(CCC(=O)N(C)Cc3c(C)noc3C)o2)cc1. The van der Waals surface area contributed by atoms with Gasteiger partial charge >= 0.3 is 0 Å². The topological polar surface area (TPSA) is 85.3 Å². The summed E-state index contributed by atoms with van der Waals surface area (Å²) in [6.45, 7) is 6.21. The third-order valence-corrected chi connectivity index (χ3v) is 4.32. The highest BCUT2D eigenvalue weighted by molar-refractivity contribution is 5.76. The molecule has 0 saturated carbocycles. The van der Waals surface area contributed by atoms with Gasteiger partial charge in [-0.2, -0.15) is 0 Å². The lowest BCUT2D eigenvalue weighted by molar-refractivity contribution is -0.130. The number of hydrogen-bond acceptors (Lipinski definition) is 6. The minimum absolute atomic E-state index is 0.0000795. The van der Waals surface area contributed by atoms with Gasteiger partial charge in [0, 0.05) is 31.0 Å². The monoisotopic (exact) mass is 354 g/mol. The lowest BCUT2D eigenvalue weighted by Crippen LogP contribution is -2.26. The first kappa shape index (κ1) is 17.8. The molecular weight excluding hydrogens is 332 g/mol. The molecule has 7 heteroatoms. The van der Waals surface area contributed by atoms with E-state index >= 15 is 0 Å². The molecular formula is C19H22N4O3. The van der Waals surface area contributed by atoms with Crippen LogP contribution in [0.4, 0.5) is 0 Å². The minimum atomic E-state index is 0.0000795. The average molecular weight is 354 g/mol. The van der Waals surface area contributed by atoms with Gasteiger partial charge in [-0.15, -0.1) is 10.2 Å². The molecule has 0 fully saturated rings. The highest BCUT2D eigenvalue weighted by atomic mass is 16.5. The number of carbonyl (C=O) groups excluding carboxylic acids is 1. The maximum absolute atomic E-state index is 12.4. The van der Waals surface area contributed by atoms with Crippen molar-refractivity contribution in [2.45, 2.75) is 40.2 Å². The summed E-state index contributed by atoms with van der Waals surface area (Å²) >= 11 is 0. The van der Waals surface area contributed by atoms with Crippen molar-refractivity contribution in [3.05, 3.63) is 52.7 Å². The first-order valence-electron chi connectivity index (χ1n) is 8.49. The molecule has 3 aromatic rings. The zero-order valence-corrected chi connectivity index (χ0v) is 15.4. The molecule has 0 unspecified atom stereocenters. The summed E-state index contributed by atoms with van der Waals surface area (Å²) in [6.07, 6.45) is 0.707. The van der Waals surface area contributed by atoms with Crippen molar-refractivity contribution >= 4 is 5.91 Å². The molecule has 0 radical (unpaired) electrons. The lowest BCUT2D eigenvalue weighted by atomic mass is 10.1. The first-order chi connectivity index (χ1) is 12.4. The zero-order chi connectivity index (χ0) is 18.7. The molecule has 0 atom stereocenters. The van der Waals surface area contributed by atoms with Gasteiger partial charge in [-0.1, -0.05) is 22.9 Å². The highest BCUT2D eigenvalue weighted by Crippen LogP contribution is 2.19. The van der Waals surface area contributed by atoms with Crippen LogP contribution in [-0.2, 0) is 17.8 Å². The number of aryl methyl sites for hydroxylation is 4. The predicted molar refractivity (Wildman–Crippen MR) is 95.2 cm³/mol. The van der Waals surface area contributed by atoms with E-state index in [9.17, 15) is 4.79 Å². The van der Waals surface area contributed by atoms with Crippen LogP contribution in [0, 0.1) is 20.8 Å². The molecule has 1 amide bonds. The summed E-state index contributed by atoms with van der Waals surface area (Å²) in [5.74, 6) is 1.66. The Morgan fingerprint density at radius 3 is 2.50 bits per heavy atom. The van der Waals surface area contributed by atoms with E-state index in [1.807, 2.05) is 45.0 Å². The van der Waals surface area contributed by atoms with Gasteiger partial charge in [-0.3, -0.25) is 4.79 Å². The van der Waals surface area contributed by atoms with Crippen LogP contribution in [0.2, 0.25) is 0 Å². The molecule has 2 aromatic heterocycles. The van der Waals surface area contributed by atoms with E-state index in [1.165, 1.54) is 5.56 Å². The van der Waals surface area contributed by atoms with Crippen molar-refractivity contribution in [3.8, 4) is 11.5 Å². The maximum atomic E-state index is 12.4. The highest BCUT2D eigenvalue weighted by Gasteiger charge is 2.17. The summed E-state index contributed by atoms with van der Waals surface area (Å²) in [5, 5.41) is 12.0. The Kier molecular flexibility index (Phi) is 5.16. The Hall–Kier alpha value is -2.96. The van der Waals surface area contributed by atoms with Crippen molar-refractivity contribution in [2.75, 3.05) is 7.05 Å². The number of amides is 1. The fraction of sp³-hybridized carbons (Fsp3) is 0.368. The zero-order valence-electron chi connectivity index (χ0n) is 15.4. The standard InChI is InChI=1S/C19H22N4O3/c1-12-5-7-15(8-6-12)19-21-20-17(25-19)9-10-18(24)23(4)11-16-13(2)22-26-14(16)3/h5-8H,9-11H2,1-4H3. The van der Waals surface area contributed by atoms with Crippen molar-refractivity contribution in [1.29, 1.82) is 0 Å². The predicted octanol–water partition coefficient (Wildman–Crippen LogP) is 3.24. The quantitative estimate of drug-likeness (QED) is 0.675. The summed E-state index contributed by atoms with van der Waals surface area (Å²) in [7, 11) is 1.76. The second-order valence-corrected chi connectivity index (χ2v) is 6.42. The molecule has 7 nitrogen and oxygen atoms in total. The van der Waals surface area contributed by atoms with Gasteiger partial charge in [0.15, 0.2) is 0 Å². The van der Waals surface area contributed by atoms with Crippen LogP contribution in [0.15, 0.2) is 33.2 Å². The Morgan fingerprint density at radius 1 is 1.12 bits per heavy atom. The Labute approximate surface area is 152 Å². The van der Waals surface area contributed by atoms with Gasteiger partial charge < -0.3 is 13.8 Å². The number of rotatable bonds is 6. The second kappa shape index (κ2) is 7.51. The van der Waals surface area contributed by atoms with Gasteiger partial charge in [-0.05, 0) is 32.9 Å². The number of benzene rings is 1. The van der Waals surface area contributed by atoms with Crippen LogP contribution in [-0.4, -0.2) is 33.2 Å². The average Bonchev–Trinajstić information content (AvgIpc) is 3.22. The van der Waals surface area contributed by atoms with E-state index in [2.05, 4.69) is 15.4 Å². The molecule has 2 heterocycles. The molecule has 3 rings (SSSR count). The molecule has 0 aliphatic heterocycles. The van der Waals surface area contributed by atoms with E-state index in [1.54, 1.807) is 11.9 Å². The molecule has 1 aromatic carbocycles. The van der Waals surface area contributed by atoms with E-state index in [4.69, 9.17) is 8.94 Å². The molecule has 0 aliphatic rings. The Morgan fingerprint density at radius 2 is 1.85 bits per heavy atom. The molecule has 136 valence electrons. The van der Waals surface area contributed by atoms with Crippen molar-refractivity contribution in [2.24, 2.45) is 0 Å². The minimum Gasteiger partial charge on any atom is -0.421 e. The Balaban J connectivity index is 1.57. The van der Waals surface area contributed by atoms with E-state index in [-0.39, 0.29) is 5.91 Å². The van der Waals surface area contributed by atoms with Crippen LogP contribution >= 0.6 is 0 Å². The summed E-state index contributed by atoms with van der Waals surface area (Å²) in [4.78, 5) is 14.0. The lowest BCUT2D eigenvalue weighted by Gasteiger charge is -2.16. The summed E-state index contributed by atoms with van der Waals surface area (Å²) in [5.41, 5.74) is 3.79. The van der Waals surface area contributed by atoms with E-state index in [0.717, 1.165) is 22.6 Å². The smallest absolute Gasteiger partial charge is 0.247 e. The van der Waals surface area contributed by atoms with Crippen LogP contribution in [0.25, 0.3) is 11.5 Å².